The molecule has 2 saturated heterocycles. The zero-order valence-electron chi connectivity index (χ0n) is 21.1. The average Bonchev–Trinajstić information content (AvgIpc) is 3.34. The van der Waals surface area contributed by atoms with Crippen LogP contribution >= 0.6 is 0 Å². The number of pyridine rings is 1. The summed E-state index contributed by atoms with van der Waals surface area (Å²) < 4.78 is 7.08. The molecule has 186 valence electrons. The second-order valence-electron chi connectivity index (χ2n) is 9.85. The van der Waals surface area contributed by atoms with E-state index in [4.69, 9.17) is 9.72 Å². The number of nitrogens with zero attached hydrogens (tertiary/aromatic N) is 6. The maximum atomic E-state index is 12.0. The molecule has 0 saturated carbocycles. The molecule has 1 amide bonds. The van der Waals surface area contributed by atoms with Gasteiger partial charge in [0.25, 0.3) is 0 Å². The molecule has 0 aliphatic carbocycles. The summed E-state index contributed by atoms with van der Waals surface area (Å²) in [5.74, 6) is 0.558. The number of ether oxygens (including phenoxy) is 1. The molecule has 1 atom stereocenters. The first-order valence-electron chi connectivity index (χ1n) is 12.9. The molecule has 5 heterocycles. The lowest BCUT2D eigenvalue weighted by atomic mass is 9.91. The van der Waals surface area contributed by atoms with Crippen molar-refractivity contribution in [3.63, 3.8) is 0 Å². The Kier molecular flexibility index (Phi) is 6.90. The summed E-state index contributed by atoms with van der Waals surface area (Å²) in [5, 5.41) is 4.54. The number of carbonyl (C=O) groups excluding carboxylic acids is 1. The minimum absolute atomic E-state index is 0.225. The normalized spacial score (nSPS) is 19.5. The fourth-order valence-electron chi connectivity index (χ4n) is 5.32. The van der Waals surface area contributed by atoms with Crippen LogP contribution in [0.5, 0.6) is 0 Å². The van der Waals surface area contributed by atoms with Gasteiger partial charge in [0.15, 0.2) is 0 Å². The summed E-state index contributed by atoms with van der Waals surface area (Å²) in [4.78, 5) is 23.6. The minimum atomic E-state index is -0.225. The van der Waals surface area contributed by atoms with Crippen LogP contribution in [0.15, 0.2) is 42.9 Å². The van der Waals surface area contributed by atoms with Crippen molar-refractivity contribution < 1.29 is 9.53 Å². The van der Waals surface area contributed by atoms with Crippen molar-refractivity contribution in [3.8, 4) is 11.3 Å². The first-order chi connectivity index (χ1) is 17.0. The Bertz CT molecular complexity index is 1150. The van der Waals surface area contributed by atoms with E-state index in [2.05, 4.69) is 65.4 Å². The molecule has 2 fully saturated rings. The Labute approximate surface area is 207 Å². The molecule has 8 heteroatoms. The van der Waals surface area contributed by atoms with Crippen LogP contribution in [0.4, 0.5) is 10.5 Å². The van der Waals surface area contributed by atoms with Crippen molar-refractivity contribution in [3.05, 3.63) is 48.4 Å². The number of likely N-dealkylation sites (tertiary alicyclic amines) is 1. The van der Waals surface area contributed by atoms with Gasteiger partial charge in [0.05, 0.1) is 23.5 Å². The molecule has 0 aromatic carbocycles. The number of hydrogen-bond acceptors (Lipinski definition) is 6. The molecule has 5 rings (SSSR count). The predicted octanol–water partition coefficient (Wildman–Crippen LogP) is 4.26. The molecule has 2 aliphatic rings. The number of piperazine rings is 1. The number of anilines is 1. The van der Waals surface area contributed by atoms with E-state index in [1.807, 2.05) is 17.6 Å². The van der Waals surface area contributed by atoms with Crippen LogP contribution in [0.25, 0.3) is 16.8 Å². The van der Waals surface area contributed by atoms with Gasteiger partial charge in [-0.05, 0) is 69.8 Å². The lowest BCUT2D eigenvalue weighted by Gasteiger charge is -2.35. The molecule has 8 nitrogen and oxygen atoms in total. The maximum Gasteiger partial charge on any atom is 0.409 e. The van der Waals surface area contributed by atoms with E-state index < -0.39 is 0 Å². The van der Waals surface area contributed by atoms with E-state index in [0.29, 0.717) is 31.7 Å². The zero-order chi connectivity index (χ0) is 24.4. The van der Waals surface area contributed by atoms with Crippen LogP contribution in [0.3, 0.4) is 0 Å². The van der Waals surface area contributed by atoms with E-state index in [1.165, 1.54) is 24.9 Å². The molecule has 2 aliphatic heterocycles. The number of rotatable bonds is 5. The number of hydrogen-bond donors (Lipinski definition) is 0. The minimum Gasteiger partial charge on any atom is -0.450 e. The fourth-order valence-corrected chi connectivity index (χ4v) is 5.32. The summed E-state index contributed by atoms with van der Waals surface area (Å²) in [7, 11) is 0. The first-order valence-corrected chi connectivity index (χ1v) is 12.9. The van der Waals surface area contributed by atoms with Crippen LogP contribution in [0.2, 0.25) is 0 Å². The number of piperidine rings is 1. The number of amides is 1. The van der Waals surface area contributed by atoms with Gasteiger partial charge in [-0.3, -0.25) is 4.98 Å². The van der Waals surface area contributed by atoms with Crippen LogP contribution in [0.1, 0.15) is 45.1 Å². The highest BCUT2D eigenvalue weighted by Crippen LogP contribution is 2.31. The fraction of sp³-hybridized carbons (Fsp3) is 0.519. The van der Waals surface area contributed by atoms with Gasteiger partial charge in [-0.25, -0.2) is 9.31 Å². The molecular formula is C27H36N6O2. The Morgan fingerprint density at radius 2 is 1.97 bits per heavy atom. The van der Waals surface area contributed by atoms with Gasteiger partial charge >= 0.3 is 6.09 Å². The van der Waals surface area contributed by atoms with Crippen molar-refractivity contribution in [1.82, 2.24) is 24.4 Å². The van der Waals surface area contributed by atoms with Crippen molar-refractivity contribution in [1.29, 1.82) is 0 Å². The van der Waals surface area contributed by atoms with Crippen molar-refractivity contribution in [2.45, 2.75) is 45.6 Å². The van der Waals surface area contributed by atoms with Crippen LogP contribution in [-0.4, -0.2) is 82.4 Å². The summed E-state index contributed by atoms with van der Waals surface area (Å²) in [6.07, 6.45) is 8.21. The summed E-state index contributed by atoms with van der Waals surface area (Å²) in [6.45, 7) is 12.0. The van der Waals surface area contributed by atoms with Gasteiger partial charge < -0.3 is 19.4 Å². The quantitative estimate of drug-likeness (QED) is 0.548. The highest BCUT2D eigenvalue weighted by Gasteiger charge is 2.25. The van der Waals surface area contributed by atoms with E-state index >= 15 is 0 Å². The molecule has 3 aromatic rings. The number of aromatic nitrogens is 3. The lowest BCUT2D eigenvalue weighted by molar-refractivity contribution is 0.105. The van der Waals surface area contributed by atoms with Gasteiger partial charge in [-0.2, -0.15) is 5.10 Å². The van der Waals surface area contributed by atoms with Crippen molar-refractivity contribution in [2.75, 3.05) is 50.8 Å². The third-order valence-electron chi connectivity index (χ3n) is 7.37. The van der Waals surface area contributed by atoms with E-state index in [-0.39, 0.29) is 6.09 Å². The lowest BCUT2D eigenvalue weighted by Crippen LogP contribution is -2.49. The molecular weight excluding hydrogens is 440 g/mol. The predicted molar refractivity (Wildman–Crippen MR) is 138 cm³/mol. The molecule has 3 aromatic heterocycles. The van der Waals surface area contributed by atoms with E-state index in [0.717, 1.165) is 42.1 Å². The molecule has 0 N–H and O–H groups in total. The van der Waals surface area contributed by atoms with Crippen LogP contribution in [0, 0.1) is 0 Å². The van der Waals surface area contributed by atoms with E-state index in [1.54, 1.807) is 4.90 Å². The van der Waals surface area contributed by atoms with Gasteiger partial charge in [0, 0.05) is 62.9 Å². The largest absolute Gasteiger partial charge is 0.450 e. The SMILES string of the molecule is CCOC(=O)N1CCN(c2ccnn3cc(-c4ccc([C@@H]5CCCN(C(C)C)C5)cn4)cc23)CC1. The average molecular weight is 477 g/mol. The van der Waals surface area contributed by atoms with Crippen molar-refractivity contribution >= 4 is 17.3 Å². The second kappa shape index (κ2) is 10.2. The van der Waals surface area contributed by atoms with Crippen LogP contribution in [-0.2, 0) is 4.74 Å². The Morgan fingerprint density at radius 1 is 1.14 bits per heavy atom. The highest BCUT2D eigenvalue weighted by atomic mass is 16.6. The van der Waals surface area contributed by atoms with E-state index in [9.17, 15) is 4.79 Å². The molecule has 0 unspecified atom stereocenters. The molecule has 35 heavy (non-hydrogen) atoms. The standard InChI is InChI=1S/C27H36N6O2/c1-4-35-27(34)31-14-12-30(13-15-31)25-9-10-29-33-19-23(16-26(25)33)24-8-7-21(17-28-24)22-6-5-11-32(18-22)20(2)3/h7-10,16-17,19-20,22H,4-6,11-15,18H2,1-3H3/t22-/m1/s1. The van der Waals surface area contributed by atoms with Gasteiger partial charge in [-0.15, -0.1) is 0 Å². The highest BCUT2D eigenvalue weighted by molar-refractivity contribution is 5.79. The maximum absolute atomic E-state index is 12.0. The topological polar surface area (TPSA) is 66.2 Å². The van der Waals surface area contributed by atoms with Gasteiger partial charge in [-0.1, -0.05) is 6.07 Å². The van der Waals surface area contributed by atoms with Gasteiger partial charge in [0.1, 0.15) is 0 Å². The molecule has 0 bridgehead atoms. The number of carbonyl (C=O) groups is 1. The Hall–Kier alpha value is -3.13. The second-order valence-corrected chi connectivity index (χ2v) is 9.85. The number of fused-ring (bicyclic) bond motifs is 1. The summed E-state index contributed by atoms with van der Waals surface area (Å²) >= 11 is 0. The van der Waals surface area contributed by atoms with Gasteiger partial charge in [0.2, 0.25) is 0 Å². The Balaban J connectivity index is 1.32. The van der Waals surface area contributed by atoms with Crippen molar-refractivity contribution in [2.24, 2.45) is 0 Å². The van der Waals surface area contributed by atoms with Crippen LogP contribution < -0.4 is 4.90 Å². The molecule has 0 radical (unpaired) electrons. The first kappa shape index (κ1) is 23.6. The third kappa shape index (κ3) is 4.98. The monoisotopic (exact) mass is 476 g/mol. The summed E-state index contributed by atoms with van der Waals surface area (Å²) in [6, 6.07) is 9.22. The molecule has 0 spiro atoms. The smallest absolute Gasteiger partial charge is 0.409 e. The summed E-state index contributed by atoms with van der Waals surface area (Å²) in [5.41, 5.74) is 5.55. The third-order valence-corrected chi connectivity index (χ3v) is 7.37. The Morgan fingerprint density at radius 3 is 2.69 bits per heavy atom. The zero-order valence-corrected chi connectivity index (χ0v) is 21.1.